The van der Waals surface area contributed by atoms with Gasteiger partial charge in [0.2, 0.25) is 0 Å². The van der Waals surface area contributed by atoms with Crippen molar-refractivity contribution in [3.05, 3.63) is 46.6 Å². The summed E-state index contributed by atoms with van der Waals surface area (Å²) in [5.74, 6) is -6.42. The molecule has 0 saturated carbocycles. The van der Waals surface area contributed by atoms with Gasteiger partial charge in [0.15, 0.2) is 0 Å². The number of hydrogen-bond donors (Lipinski definition) is 2. The molecule has 4 heterocycles. The normalized spacial score (nSPS) is 25.4. The average Bonchev–Trinajstić information content (AvgIpc) is 2.88. The third-order valence-corrected chi connectivity index (χ3v) is 10.9. The summed E-state index contributed by atoms with van der Waals surface area (Å²) < 4.78 is 96.7. The molecule has 2 aliphatic heterocycles. The van der Waals surface area contributed by atoms with E-state index in [2.05, 4.69) is 34.7 Å². The Balaban J connectivity index is 1.80. The van der Waals surface area contributed by atoms with Gasteiger partial charge < -0.3 is 14.8 Å². The van der Waals surface area contributed by atoms with Gasteiger partial charge in [0.1, 0.15) is 57.0 Å². The zero-order chi connectivity index (χ0) is 33.8. The molecule has 246 valence electrons. The lowest BCUT2D eigenvalue weighted by Gasteiger charge is -2.49. The second-order valence-electron chi connectivity index (χ2n) is 12.0. The van der Waals surface area contributed by atoms with Gasteiger partial charge in [0.25, 0.3) is 11.8 Å². The summed E-state index contributed by atoms with van der Waals surface area (Å²) in [6.07, 6.45) is -1.15. The molecule has 0 fully saturated rings. The predicted octanol–water partition coefficient (Wildman–Crippen LogP) is 5.93. The number of fused-ring (bicyclic) bond motifs is 1. The second kappa shape index (κ2) is 11.6. The quantitative estimate of drug-likeness (QED) is 0.373. The molecule has 0 spiro atoms. The Hall–Kier alpha value is -3.60. The molecule has 2 amide bonds. The highest BCUT2D eigenvalue weighted by Crippen LogP contribution is 2.50. The van der Waals surface area contributed by atoms with Gasteiger partial charge in [0, 0.05) is 12.5 Å². The van der Waals surface area contributed by atoms with Gasteiger partial charge in [-0.05, 0) is 53.7 Å². The first-order chi connectivity index (χ1) is 20.6. The van der Waals surface area contributed by atoms with Gasteiger partial charge in [-0.1, -0.05) is 11.6 Å². The molecule has 0 aromatic carbocycles. The van der Waals surface area contributed by atoms with Crippen molar-refractivity contribution in [1.29, 1.82) is 0 Å². The number of nitrogens with one attached hydrogen (secondary N) is 2. The number of nitrogens with zero attached hydrogens (tertiary/aromatic N) is 4. The van der Waals surface area contributed by atoms with Crippen molar-refractivity contribution in [2.75, 3.05) is 11.9 Å². The summed E-state index contributed by atoms with van der Waals surface area (Å²) in [5.41, 5.74) is -4.06. The molecule has 0 bridgehead atoms. The molecule has 0 unspecified atom stereocenters. The van der Waals surface area contributed by atoms with E-state index in [0.29, 0.717) is 0 Å². The van der Waals surface area contributed by atoms with Crippen LogP contribution in [0.5, 0.6) is 5.75 Å². The number of rotatable bonds is 5. The molecule has 2 aromatic heterocycles. The van der Waals surface area contributed by atoms with E-state index in [1.54, 1.807) is 20.8 Å². The van der Waals surface area contributed by atoms with Gasteiger partial charge in [-0.2, -0.15) is 8.78 Å². The zero-order valence-corrected chi connectivity index (χ0v) is 26.5. The number of alkyl halides is 4. The number of hydrogen-bond acceptors (Lipinski definition) is 9. The topological polar surface area (TPSA) is 144 Å². The van der Waals surface area contributed by atoms with Crippen molar-refractivity contribution in [2.45, 2.75) is 81.6 Å². The Morgan fingerprint density at radius 3 is 2.42 bits per heavy atom. The molecule has 2 aliphatic rings. The first kappa shape index (κ1) is 34.3. The number of carbonyl (C=O) groups is 2. The monoisotopic (exact) mass is 680 g/mol. The van der Waals surface area contributed by atoms with Gasteiger partial charge in [-0.15, -0.1) is 0 Å². The van der Waals surface area contributed by atoms with E-state index in [-0.39, 0.29) is 16.7 Å². The maximum atomic E-state index is 15.6. The van der Waals surface area contributed by atoms with Crippen LogP contribution in [0, 0.1) is 5.82 Å². The molecule has 4 rings (SSSR count). The molecule has 3 atom stereocenters. The summed E-state index contributed by atoms with van der Waals surface area (Å²) in [6.45, 7) is 4.65. The Labute approximate surface area is 260 Å². The lowest BCUT2D eigenvalue weighted by atomic mass is 9.88. The van der Waals surface area contributed by atoms with E-state index >= 15 is 4.39 Å². The van der Waals surface area contributed by atoms with Crippen LogP contribution in [0.25, 0.3) is 0 Å². The molecule has 0 saturated heterocycles. The molecule has 0 radical (unpaired) electrons. The summed E-state index contributed by atoms with van der Waals surface area (Å²) in [6, 6.07) is 2.87. The third-order valence-electron chi connectivity index (χ3n) is 7.07. The van der Waals surface area contributed by atoms with Crippen LogP contribution < -0.4 is 15.4 Å². The number of anilines is 1. The Kier molecular flexibility index (Phi) is 8.87. The number of amides is 2. The van der Waals surface area contributed by atoms with Crippen LogP contribution in [0.2, 0.25) is 5.02 Å². The second-order valence-corrected chi connectivity index (χ2v) is 15.4. The lowest BCUT2D eigenvalue weighted by molar-refractivity contribution is -0.0500. The van der Waals surface area contributed by atoms with Crippen molar-refractivity contribution >= 4 is 45.0 Å². The molecule has 45 heavy (non-hydrogen) atoms. The van der Waals surface area contributed by atoms with Gasteiger partial charge in [0.05, 0.1) is 26.2 Å². The van der Waals surface area contributed by atoms with Crippen molar-refractivity contribution < 1.29 is 45.2 Å². The van der Waals surface area contributed by atoms with E-state index in [9.17, 15) is 31.4 Å². The first-order valence-corrected chi connectivity index (χ1v) is 15.3. The van der Waals surface area contributed by atoms with E-state index in [1.165, 1.54) is 20.8 Å². The number of pyridine rings is 2. The summed E-state index contributed by atoms with van der Waals surface area (Å²) in [7, 11) is -3.73. The molecular formula is C27H30ClF5N6O5S. The van der Waals surface area contributed by atoms with Crippen LogP contribution in [0.3, 0.4) is 0 Å². The maximum absolute atomic E-state index is 15.6. The maximum Gasteiger partial charge on any atom is 0.413 e. The Morgan fingerprint density at radius 1 is 1.16 bits per heavy atom. The molecule has 18 heteroatoms. The lowest BCUT2D eigenvalue weighted by Crippen LogP contribution is -2.64. The molecule has 11 nitrogen and oxygen atoms in total. The number of halogens is 6. The van der Waals surface area contributed by atoms with Gasteiger partial charge in [-0.25, -0.2) is 36.5 Å². The van der Waals surface area contributed by atoms with Crippen LogP contribution >= 0.6 is 11.6 Å². The minimum Gasteiger partial charge on any atom is -0.444 e. The van der Waals surface area contributed by atoms with Crippen LogP contribution in [0.1, 0.15) is 64.1 Å². The smallest absolute Gasteiger partial charge is 0.413 e. The Bertz CT molecular complexity index is 1690. The zero-order valence-electron chi connectivity index (χ0n) is 24.9. The average molecular weight is 681 g/mol. The molecule has 2 aromatic rings. The Morgan fingerprint density at radius 2 is 1.82 bits per heavy atom. The highest BCUT2D eigenvalue weighted by atomic mass is 35.5. The van der Waals surface area contributed by atoms with E-state index in [4.69, 9.17) is 16.3 Å². The molecular weight excluding hydrogens is 651 g/mol. The van der Waals surface area contributed by atoms with Crippen LogP contribution in [0.15, 0.2) is 33.8 Å². The highest BCUT2D eigenvalue weighted by Gasteiger charge is 2.61. The SMILES string of the molecule is CC(C)(C)OC(=O)NC1=N[C@](C)(c2nc(NC(=O)c3ncc(OC(F)F)cc3Cl)ccc2F)[C@H]2CC(F)(F)CN=[S@]2(=O)C1(C)C. The van der Waals surface area contributed by atoms with E-state index < -0.39 is 91.3 Å². The van der Waals surface area contributed by atoms with E-state index in [0.717, 1.165) is 24.4 Å². The van der Waals surface area contributed by atoms with Crippen molar-refractivity contribution in [3.8, 4) is 5.75 Å². The first-order valence-electron chi connectivity index (χ1n) is 13.4. The fourth-order valence-corrected chi connectivity index (χ4v) is 8.38. The minimum atomic E-state index is -3.73. The van der Waals surface area contributed by atoms with Crippen molar-refractivity contribution in [3.63, 3.8) is 0 Å². The van der Waals surface area contributed by atoms with Crippen molar-refractivity contribution in [1.82, 2.24) is 15.3 Å². The fraction of sp³-hybridized carbons (Fsp3) is 0.519. The minimum absolute atomic E-state index is 0.257. The van der Waals surface area contributed by atoms with Gasteiger partial charge >= 0.3 is 12.7 Å². The summed E-state index contributed by atoms with van der Waals surface area (Å²) in [4.78, 5) is 38.0. The summed E-state index contributed by atoms with van der Waals surface area (Å²) in [5, 5.41) is 2.82. The number of carbonyl (C=O) groups excluding carboxylic acids is 2. The van der Waals surface area contributed by atoms with Crippen LogP contribution in [-0.2, 0) is 20.0 Å². The fourth-order valence-electron chi connectivity index (χ4n) is 4.91. The number of aliphatic imine (C=N–C) groups is 1. The number of ether oxygens (including phenoxy) is 2. The molecule has 2 N–H and O–H groups in total. The van der Waals surface area contributed by atoms with E-state index in [1.807, 2.05) is 0 Å². The highest BCUT2D eigenvalue weighted by molar-refractivity contribution is 7.96. The largest absolute Gasteiger partial charge is 0.444 e. The number of amidine groups is 1. The number of aromatic nitrogens is 2. The van der Waals surface area contributed by atoms with Crippen molar-refractivity contribution in [2.24, 2.45) is 9.36 Å². The number of alkyl carbamates (subject to hydrolysis) is 1. The molecule has 0 aliphatic carbocycles. The third kappa shape index (κ3) is 6.83. The predicted molar refractivity (Wildman–Crippen MR) is 155 cm³/mol. The summed E-state index contributed by atoms with van der Waals surface area (Å²) >= 11 is 6.01. The standard InChI is InChI=1S/C27H30ClF5N6O5S/c1-24(2,3)44-23(41)38-21-25(4,5)45(42)16(10-27(32,33)12-35-45)26(6,39-21)19-15(29)7-8-17(36-19)37-20(40)18-14(28)9-13(11-34-18)43-22(30)31/h7-9,11,16,22H,10,12H2,1-6H3,(H,36,37,40)(H,38,39,41)/t16-,26+,45-/m1/s1. The van der Waals surface area contributed by atoms with Crippen LogP contribution in [0.4, 0.5) is 32.6 Å². The van der Waals surface area contributed by atoms with Gasteiger partial charge in [-0.3, -0.25) is 15.1 Å². The van der Waals surface area contributed by atoms with Crippen LogP contribution in [-0.4, -0.2) is 66.7 Å².